The molecule has 11 N–H and O–H groups in total. The first-order valence-electron chi connectivity index (χ1n) is 29.5. The third-order valence-corrected chi connectivity index (χ3v) is 22.0. The first-order valence-corrected chi connectivity index (χ1v) is 29.5. The third kappa shape index (κ3) is 10.9. The Kier molecular flexibility index (Phi) is 19.3. The van der Waals surface area contributed by atoms with Crippen LogP contribution >= 0.6 is 0 Å². The van der Waals surface area contributed by atoms with Gasteiger partial charge in [-0.15, -0.1) is 0 Å². The molecule has 0 aromatic heterocycles. The minimum absolute atomic E-state index is 0.0905. The maximum Gasteiger partial charge on any atom is 0.335 e. The Hall–Kier alpha value is -3.54. The molecule has 7 fully saturated rings. The van der Waals surface area contributed by atoms with Gasteiger partial charge in [-0.3, -0.25) is 4.79 Å². The smallest absolute Gasteiger partial charge is 0.335 e. The molecule has 0 amide bonds. The van der Waals surface area contributed by atoms with Crippen molar-refractivity contribution in [1.29, 1.82) is 0 Å². The van der Waals surface area contributed by atoms with Crippen LogP contribution in [0.4, 0.5) is 0 Å². The van der Waals surface area contributed by atoms with Gasteiger partial charge >= 0.3 is 23.9 Å². The van der Waals surface area contributed by atoms with Crippen LogP contribution < -0.4 is 0 Å². The van der Waals surface area contributed by atoms with Gasteiger partial charge in [-0.05, 0) is 119 Å². The number of hydrogen-bond acceptors (Lipinski definition) is 23. The van der Waals surface area contributed by atoms with Gasteiger partial charge in [-0.25, -0.2) is 14.4 Å². The number of esters is 3. The molecule has 24 nitrogen and oxygen atoms in total. The van der Waals surface area contributed by atoms with Crippen LogP contribution in [0.1, 0.15) is 128 Å². The number of fused-ring (bicyclic) bond motifs is 7. The number of allylic oxidation sites excluding steroid dienone is 4. The van der Waals surface area contributed by atoms with Gasteiger partial charge in [0.15, 0.2) is 37.2 Å². The molecule has 3 saturated heterocycles. The molecule has 3 heterocycles. The predicted molar refractivity (Wildman–Crippen MR) is 291 cm³/mol. The zero-order valence-electron chi connectivity index (χ0n) is 50.2. The summed E-state index contributed by atoms with van der Waals surface area (Å²) in [7, 11) is 0. The fourth-order valence-electron chi connectivity index (χ4n) is 16.6. The summed E-state index contributed by atoms with van der Waals surface area (Å²) in [6, 6.07) is 0. The van der Waals surface area contributed by atoms with Gasteiger partial charge in [-0.2, -0.15) is 0 Å². The van der Waals surface area contributed by atoms with Crippen LogP contribution in [0.2, 0.25) is 0 Å². The average Bonchev–Trinajstić information content (AvgIpc) is 0.679. The molecule has 5 aliphatic carbocycles. The highest BCUT2D eigenvalue weighted by molar-refractivity contribution is 5.88. The molecule has 0 aromatic rings. The van der Waals surface area contributed by atoms with Crippen LogP contribution in [0.5, 0.6) is 0 Å². The normalized spacial score (nSPS) is 48.5. The van der Waals surface area contributed by atoms with Gasteiger partial charge in [0, 0.05) is 23.5 Å². The van der Waals surface area contributed by atoms with Crippen LogP contribution in [-0.2, 0) is 61.8 Å². The fourth-order valence-corrected chi connectivity index (χ4v) is 16.6. The minimum Gasteiger partial charge on any atom is -0.479 e. The molecule has 8 rings (SSSR count). The number of hydrogen-bond donors (Lipinski definition) is 11. The van der Waals surface area contributed by atoms with E-state index in [-0.39, 0.29) is 42.2 Å². The number of carboxylic acid groups (broad SMARTS) is 1. The van der Waals surface area contributed by atoms with Crippen molar-refractivity contribution in [2.75, 3.05) is 19.8 Å². The summed E-state index contributed by atoms with van der Waals surface area (Å²) in [5.41, 5.74) is -3.95. The Balaban J connectivity index is 1.09. The molecule has 476 valence electrons. The Morgan fingerprint density at radius 2 is 1.30 bits per heavy atom. The number of ether oxygens (including phenoxy) is 9. The van der Waals surface area contributed by atoms with E-state index in [1.165, 1.54) is 19.9 Å². The van der Waals surface area contributed by atoms with Crippen LogP contribution in [0.3, 0.4) is 0 Å². The van der Waals surface area contributed by atoms with E-state index in [1.807, 2.05) is 20.8 Å². The van der Waals surface area contributed by atoms with E-state index in [1.54, 1.807) is 33.8 Å². The van der Waals surface area contributed by atoms with Crippen molar-refractivity contribution in [1.82, 2.24) is 0 Å². The summed E-state index contributed by atoms with van der Waals surface area (Å²) in [6.45, 7) is 19.8. The van der Waals surface area contributed by atoms with Gasteiger partial charge in [0.25, 0.3) is 0 Å². The van der Waals surface area contributed by atoms with E-state index in [0.29, 0.717) is 25.7 Å². The summed E-state index contributed by atoms with van der Waals surface area (Å²) >= 11 is 0. The number of aliphatic hydroxyl groups is 10. The highest BCUT2D eigenvalue weighted by atomic mass is 16.8. The molecular weight excluding hydrogens is 1100 g/mol. The maximum absolute atomic E-state index is 13.3. The van der Waals surface area contributed by atoms with E-state index in [4.69, 9.17) is 42.6 Å². The number of carbonyl (C=O) groups is 4. The first-order chi connectivity index (χ1) is 39.2. The summed E-state index contributed by atoms with van der Waals surface area (Å²) in [6.07, 6.45) is -22.4. The molecule has 3 aliphatic heterocycles. The highest BCUT2D eigenvalue weighted by Gasteiger charge is 2.74. The van der Waals surface area contributed by atoms with Crippen LogP contribution in [-0.4, -0.2) is 216 Å². The summed E-state index contributed by atoms with van der Waals surface area (Å²) in [5, 5.41) is 124. The molecule has 8 aliphatic rings. The number of aliphatic carboxylic acids is 1. The summed E-state index contributed by atoms with van der Waals surface area (Å²) in [5.74, 6) is -4.73. The monoisotopic (exact) mass is 1200 g/mol. The van der Waals surface area contributed by atoms with Crippen molar-refractivity contribution in [3.63, 3.8) is 0 Å². The first kappa shape index (κ1) is 66.4. The lowest BCUT2D eigenvalue weighted by Gasteiger charge is -2.72. The standard InChI is InChI=1S/C60H92O24/c1-13-26(3)50(74)80-43-28(5)77-53(42(70)44(43)81-51(75)27(4)14-2)84-48-47(71)60(25-76-29(6)63)31(21-55(48,7)8)30-15-16-34-56(9)19-18-36(57(10,24-62)33(56)17-20-58(34,11)59(30,12)22-35(60)64)79-54-46(40(68)39(67)45(82-54)49(72)73)83-52-41(69)38(66)37(65)32(23-61)78-52/h13-15,28,31-48,52-54,61-62,64-71H,16-25H2,1-12H3,(H,72,73)/b26-13-,27-14-/t28-,31+,32-,33-,34-,35-,36+,37-,38+,39+,40+,41-,42-,43+,44-,45+,46-,47+,48+,52+,53+,54-,56+,57-,58-,59-,60+/m1/s1. The maximum atomic E-state index is 13.3. The Morgan fingerprint density at radius 3 is 1.88 bits per heavy atom. The lowest BCUT2D eigenvalue weighted by molar-refractivity contribution is -0.375. The Labute approximate surface area is 490 Å². The largest absolute Gasteiger partial charge is 0.479 e. The van der Waals surface area contributed by atoms with Crippen molar-refractivity contribution in [2.24, 2.45) is 50.2 Å². The number of carbonyl (C=O) groups excluding carboxylic acids is 3. The molecule has 27 atom stereocenters. The van der Waals surface area contributed by atoms with E-state index in [2.05, 4.69) is 26.8 Å². The van der Waals surface area contributed by atoms with Crippen molar-refractivity contribution in [2.45, 2.75) is 245 Å². The molecule has 4 saturated carbocycles. The van der Waals surface area contributed by atoms with Gasteiger partial charge in [0.1, 0.15) is 55.4 Å². The van der Waals surface area contributed by atoms with E-state index in [0.717, 1.165) is 5.57 Å². The fraction of sp³-hybridized carbons (Fsp3) is 0.833. The predicted octanol–water partition coefficient (Wildman–Crippen LogP) is 1.22. The second-order valence-corrected chi connectivity index (χ2v) is 26.9. The molecule has 0 radical (unpaired) electrons. The van der Waals surface area contributed by atoms with Crippen molar-refractivity contribution in [3.8, 4) is 0 Å². The number of rotatable bonds is 15. The van der Waals surface area contributed by atoms with Gasteiger partial charge < -0.3 is 98.8 Å². The van der Waals surface area contributed by atoms with Crippen molar-refractivity contribution < 1.29 is 118 Å². The third-order valence-electron chi connectivity index (χ3n) is 22.0. The zero-order chi connectivity index (χ0) is 62.3. The second-order valence-electron chi connectivity index (χ2n) is 26.9. The quantitative estimate of drug-likeness (QED) is 0.0361. The lowest BCUT2D eigenvalue weighted by Crippen LogP contribution is -2.73. The molecule has 0 spiro atoms. The van der Waals surface area contributed by atoms with Gasteiger partial charge in [-0.1, -0.05) is 65.3 Å². The van der Waals surface area contributed by atoms with Gasteiger partial charge in [0.2, 0.25) is 0 Å². The summed E-state index contributed by atoms with van der Waals surface area (Å²) < 4.78 is 54.4. The van der Waals surface area contributed by atoms with Gasteiger partial charge in [0.05, 0.1) is 49.1 Å². The number of carboxylic acids is 1. The molecule has 84 heavy (non-hydrogen) atoms. The van der Waals surface area contributed by atoms with Crippen molar-refractivity contribution in [3.05, 3.63) is 34.9 Å². The van der Waals surface area contributed by atoms with Crippen molar-refractivity contribution >= 4 is 23.9 Å². The van der Waals surface area contributed by atoms with E-state index in [9.17, 15) is 75.3 Å². The van der Waals surface area contributed by atoms with Crippen LogP contribution in [0.15, 0.2) is 34.9 Å². The molecule has 0 unspecified atom stereocenters. The minimum atomic E-state index is -2.07. The number of aliphatic hydroxyl groups excluding tert-OH is 10. The highest BCUT2D eigenvalue weighted by Crippen LogP contribution is 2.76. The summed E-state index contributed by atoms with van der Waals surface area (Å²) in [4.78, 5) is 51.7. The molecule has 0 bridgehead atoms. The van der Waals surface area contributed by atoms with Crippen LogP contribution in [0.25, 0.3) is 0 Å². The topological polar surface area (TPSA) is 374 Å². The Morgan fingerprint density at radius 1 is 0.679 bits per heavy atom. The SMILES string of the molecule is C/C=C(/C)C(=O)O[C@@H]1[C@@H](O)[C@H](O[C@H]2[C@H](O)[C@]3(COC(C)=O)[C@H](O)C[C@]4(C)C(=CC[C@@H]5[C@@]6(C)CC[C@H](O[C@@H]7O[C@H](C(=O)O)[C@@H](O)[C@H](O)[C@H]7O[C@@H]7O[C@H](CO)[C@@H](O)[C@H](O)[C@H]7O)[C@](C)(CO)[C@@H]6CC[C@]54C)[C@@H]3CC2(C)C)O[C@H](C)[C@@H]1OC(=O)/C(C)=C\C. The van der Waals surface area contributed by atoms with Crippen LogP contribution in [0, 0.1) is 50.2 Å². The van der Waals surface area contributed by atoms with E-state index < -0.39 is 199 Å². The average molecular weight is 1200 g/mol. The lowest BCUT2D eigenvalue weighted by atomic mass is 9.33. The Bertz CT molecular complexity index is 2530. The second kappa shape index (κ2) is 24.4. The molecular formula is C60H92O24. The molecule has 24 heteroatoms. The molecule has 0 aromatic carbocycles. The zero-order valence-corrected chi connectivity index (χ0v) is 50.2. The van der Waals surface area contributed by atoms with E-state index >= 15 is 0 Å².